The number of hydrogen-bond donors (Lipinski definition) is 1. The van der Waals surface area contributed by atoms with Gasteiger partial charge in [0.2, 0.25) is 5.91 Å². The third-order valence-corrected chi connectivity index (χ3v) is 7.31. The number of aryl methyl sites for hydroxylation is 5. The van der Waals surface area contributed by atoms with Crippen LogP contribution in [0.25, 0.3) is 16.7 Å². The van der Waals surface area contributed by atoms with E-state index in [4.69, 9.17) is 10.1 Å². The van der Waals surface area contributed by atoms with Gasteiger partial charge in [0.05, 0.1) is 17.4 Å². The van der Waals surface area contributed by atoms with E-state index in [1.54, 1.807) is 11.3 Å². The molecule has 3 aromatic heterocycles. The number of nitrogens with zero attached hydrogens (tertiary/aromatic N) is 3. The van der Waals surface area contributed by atoms with E-state index in [9.17, 15) is 4.79 Å². The maximum absolute atomic E-state index is 12.6. The molecule has 4 aromatic rings. The van der Waals surface area contributed by atoms with Crippen LogP contribution in [0.4, 0.5) is 0 Å². The molecule has 6 heteroatoms. The smallest absolute Gasteiger partial charge is 0.220 e. The SMILES string of the molecule is Cc1ccc(-n2nc(C)c3c(C)c(CCC(=O)N[C@@H](C)c4cccs4)c(C)nc32)cc1C. The maximum Gasteiger partial charge on any atom is 0.220 e. The molecule has 1 amide bonds. The van der Waals surface area contributed by atoms with Gasteiger partial charge in [-0.1, -0.05) is 12.1 Å². The van der Waals surface area contributed by atoms with E-state index < -0.39 is 0 Å². The predicted octanol–water partition coefficient (Wildman–Crippen LogP) is 5.83. The Balaban J connectivity index is 1.60. The average Bonchev–Trinajstić information content (AvgIpc) is 3.38. The molecule has 0 saturated heterocycles. The van der Waals surface area contributed by atoms with E-state index in [-0.39, 0.29) is 11.9 Å². The van der Waals surface area contributed by atoms with Gasteiger partial charge in [-0.2, -0.15) is 5.10 Å². The number of hydrogen-bond acceptors (Lipinski definition) is 4. The van der Waals surface area contributed by atoms with Crippen LogP contribution in [0, 0.1) is 34.6 Å². The van der Waals surface area contributed by atoms with Gasteiger partial charge >= 0.3 is 0 Å². The largest absolute Gasteiger partial charge is 0.349 e. The fourth-order valence-corrected chi connectivity index (χ4v) is 5.01. The lowest BCUT2D eigenvalue weighted by Gasteiger charge is -2.14. The van der Waals surface area contributed by atoms with Gasteiger partial charge in [0.15, 0.2) is 5.65 Å². The molecular formula is C26H30N4OS. The summed E-state index contributed by atoms with van der Waals surface area (Å²) in [6.45, 7) is 12.4. The normalized spacial score (nSPS) is 12.3. The molecule has 0 saturated carbocycles. The lowest BCUT2D eigenvalue weighted by Crippen LogP contribution is -2.26. The van der Waals surface area contributed by atoms with Crippen molar-refractivity contribution < 1.29 is 4.79 Å². The molecule has 0 bridgehead atoms. The van der Waals surface area contributed by atoms with Crippen LogP contribution in [0.3, 0.4) is 0 Å². The first kappa shape index (κ1) is 22.2. The van der Waals surface area contributed by atoms with Crippen LogP contribution in [0.2, 0.25) is 0 Å². The van der Waals surface area contributed by atoms with E-state index in [2.05, 4.69) is 50.4 Å². The fraction of sp³-hybridized carbons (Fsp3) is 0.346. The van der Waals surface area contributed by atoms with Crippen molar-refractivity contribution in [2.75, 3.05) is 0 Å². The van der Waals surface area contributed by atoms with Crippen molar-refractivity contribution in [1.82, 2.24) is 20.1 Å². The Hall–Kier alpha value is -2.99. The van der Waals surface area contributed by atoms with Crippen LogP contribution in [0.15, 0.2) is 35.7 Å². The van der Waals surface area contributed by atoms with Crippen LogP contribution >= 0.6 is 11.3 Å². The molecule has 1 atom stereocenters. The number of aromatic nitrogens is 3. The quantitative estimate of drug-likeness (QED) is 0.405. The Bertz CT molecular complexity index is 1290. The third-order valence-electron chi connectivity index (χ3n) is 6.26. The summed E-state index contributed by atoms with van der Waals surface area (Å²) >= 11 is 1.66. The summed E-state index contributed by atoms with van der Waals surface area (Å²) in [6, 6.07) is 10.5. The van der Waals surface area contributed by atoms with Gasteiger partial charge in [-0.05, 0) is 93.8 Å². The van der Waals surface area contributed by atoms with Crippen molar-refractivity contribution >= 4 is 28.3 Å². The van der Waals surface area contributed by atoms with Gasteiger partial charge in [0.1, 0.15) is 0 Å². The van der Waals surface area contributed by atoms with Crippen LogP contribution in [-0.2, 0) is 11.2 Å². The Morgan fingerprint density at radius 3 is 2.56 bits per heavy atom. The zero-order valence-electron chi connectivity index (χ0n) is 19.6. The predicted molar refractivity (Wildman–Crippen MR) is 132 cm³/mol. The highest BCUT2D eigenvalue weighted by molar-refractivity contribution is 7.10. The molecule has 1 aromatic carbocycles. The molecule has 0 spiro atoms. The van der Waals surface area contributed by atoms with Crippen molar-refractivity contribution in [3.8, 4) is 5.69 Å². The van der Waals surface area contributed by atoms with E-state index in [0.29, 0.717) is 12.8 Å². The first-order valence-electron chi connectivity index (χ1n) is 11.0. The first-order chi connectivity index (χ1) is 15.3. The van der Waals surface area contributed by atoms with Crippen molar-refractivity contribution in [1.29, 1.82) is 0 Å². The molecule has 0 unspecified atom stereocenters. The van der Waals surface area contributed by atoms with Gasteiger partial charge in [0.25, 0.3) is 0 Å². The molecule has 32 heavy (non-hydrogen) atoms. The molecule has 166 valence electrons. The fourth-order valence-electron chi connectivity index (χ4n) is 4.27. The molecule has 0 fully saturated rings. The number of benzene rings is 1. The number of rotatable bonds is 6. The molecule has 5 nitrogen and oxygen atoms in total. The van der Waals surface area contributed by atoms with Gasteiger partial charge in [0, 0.05) is 22.4 Å². The first-order valence-corrected chi connectivity index (χ1v) is 11.9. The topological polar surface area (TPSA) is 59.8 Å². The summed E-state index contributed by atoms with van der Waals surface area (Å²) in [5.41, 5.74) is 8.61. The Morgan fingerprint density at radius 1 is 1.09 bits per heavy atom. The summed E-state index contributed by atoms with van der Waals surface area (Å²) in [5, 5.41) is 11.0. The van der Waals surface area contributed by atoms with E-state index >= 15 is 0 Å². The number of thiophene rings is 1. The van der Waals surface area contributed by atoms with E-state index in [0.717, 1.165) is 33.7 Å². The zero-order valence-corrected chi connectivity index (χ0v) is 20.4. The zero-order chi connectivity index (χ0) is 23.0. The molecule has 3 heterocycles. The maximum atomic E-state index is 12.6. The standard InChI is InChI=1S/C26H30N4OS/c1-15-9-10-21(14-16(15)2)30-26-25(20(6)29-30)17(3)22(18(4)28-26)11-12-24(31)27-19(5)23-8-7-13-32-23/h7-10,13-14,19H,11-12H2,1-6H3,(H,27,31)/t19-/m0/s1. The number of carbonyl (C=O) groups is 1. The highest BCUT2D eigenvalue weighted by Crippen LogP contribution is 2.29. The minimum Gasteiger partial charge on any atom is -0.349 e. The van der Waals surface area contributed by atoms with E-state index in [1.807, 2.05) is 36.9 Å². The summed E-state index contributed by atoms with van der Waals surface area (Å²) in [4.78, 5) is 18.7. The van der Waals surface area contributed by atoms with Crippen LogP contribution in [0.1, 0.15) is 57.9 Å². The van der Waals surface area contributed by atoms with E-state index in [1.165, 1.54) is 21.6 Å². The van der Waals surface area contributed by atoms with Gasteiger partial charge < -0.3 is 5.32 Å². The molecule has 0 radical (unpaired) electrons. The summed E-state index contributed by atoms with van der Waals surface area (Å²) < 4.78 is 1.94. The monoisotopic (exact) mass is 446 g/mol. The lowest BCUT2D eigenvalue weighted by molar-refractivity contribution is -0.121. The van der Waals surface area contributed by atoms with Crippen LogP contribution in [0.5, 0.6) is 0 Å². The Labute approximate surface area is 193 Å². The highest BCUT2D eigenvalue weighted by atomic mass is 32.1. The Kier molecular flexibility index (Phi) is 6.15. The van der Waals surface area contributed by atoms with Gasteiger partial charge in [-0.25, -0.2) is 9.67 Å². The van der Waals surface area contributed by atoms with Crippen molar-refractivity contribution in [3.63, 3.8) is 0 Å². The lowest BCUT2D eigenvalue weighted by atomic mass is 9.99. The second-order valence-electron chi connectivity index (χ2n) is 8.57. The number of amides is 1. The van der Waals surface area contributed by atoms with Gasteiger partial charge in [-0.3, -0.25) is 4.79 Å². The molecule has 0 aliphatic rings. The summed E-state index contributed by atoms with van der Waals surface area (Å²) in [7, 11) is 0. The molecule has 0 aliphatic carbocycles. The molecule has 1 N–H and O–H groups in total. The summed E-state index contributed by atoms with van der Waals surface area (Å²) in [5.74, 6) is 0.0624. The van der Waals surface area contributed by atoms with Crippen LogP contribution < -0.4 is 5.32 Å². The number of nitrogens with one attached hydrogen (secondary N) is 1. The van der Waals surface area contributed by atoms with Gasteiger partial charge in [-0.15, -0.1) is 11.3 Å². The molecule has 0 aliphatic heterocycles. The van der Waals surface area contributed by atoms with Crippen LogP contribution in [-0.4, -0.2) is 20.7 Å². The van der Waals surface area contributed by atoms with Crippen molar-refractivity contribution in [2.24, 2.45) is 0 Å². The second-order valence-corrected chi connectivity index (χ2v) is 9.55. The number of fused-ring (bicyclic) bond motifs is 1. The summed E-state index contributed by atoms with van der Waals surface area (Å²) in [6.07, 6.45) is 1.10. The number of carbonyl (C=O) groups excluding carboxylic acids is 1. The minimum atomic E-state index is 0.0312. The minimum absolute atomic E-state index is 0.0312. The van der Waals surface area contributed by atoms with Crippen molar-refractivity contribution in [3.05, 3.63) is 74.2 Å². The Morgan fingerprint density at radius 2 is 1.88 bits per heavy atom. The second kappa shape index (κ2) is 8.87. The molecular weight excluding hydrogens is 416 g/mol. The van der Waals surface area contributed by atoms with Crippen molar-refractivity contribution in [2.45, 2.75) is 60.4 Å². The highest BCUT2D eigenvalue weighted by Gasteiger charge is 2.19. The molecule has 4 rings (SSSR count). The number of pyridine rings is 1. The average molecular weight is 447 g/mol. The third kappa shape index (κ3) is 4.19.